The zero-order chi connectivity index (χ0) is 7.33. The summed E-state index contributed by atoms with van der Waals surface area (Å²) >= 11 is 0. The molecule has 0 saturated carbocycles. The van der Waals surface area contributed by atoms with Gasteiger partial charge in [0, 0.05) is 12.9 Å². The third kappa shape index (κ3) is 8.62. The summed E-state index contributed by atoms with van der Waals surface area (Å²) in [5.74, 6) is 0.452. The second-order valence-corrected chi connectivity index (χ2v) is 5.66. The lowest BCUT2D eigenvalue weighted by Crippen LogP contribution is -1.94. The van der Waals surface area contributed by atoms with Crippen molar-refractivity contribution in [2.45, 2.75) is 0 Å². The number of rotatable bonds is 3. The van der Waals surface area contributed by atoms with Crippen LogP contribution >= 0.6 is 6.72 Å². The number of methoxy groups -OCH3 is 1. The van der Waals surface area contributed by atoms with Crippen molar-refractivity contribution in [3.05, 3.63) is 0 Å². The molecular weight excluding hydrogens is 163 g/mol. The summed E-state index contributed by atoms with van der Waals surface area (Å²) in [5, 5.41) is 0. The normalized spacial score (nSPS) is 12.0. The Kier molecular flexibility index (Phi) is 4.74. The van der Waals surface area contributed by atoms with E-state index in [1.165, 1.54) is 7.11 Å². The molecule has 0 bridgehead atoms. The summed E-state index contributed by atoms with van der Waals surface area (Å²) in [5.41, 5.74) is 0. The topological polar surface area (TPSA) is 69.9 Å². The van der Waals surface area contributed by atoms with E-state index in [1.807, 2.05) is 0 Å². The van der Waals surface area contributed by atoms with E-state index >= 15 is 0 Å². The van der Waals surface area contributed by atoms with Crippen LogP contribution in [0.25, 0.3) is 0 Å². The molecule has 0 saturated heterocycles. The van der Waals surface area contributed by atoms with Gasteiger partial charge in [0.2, 0.25) is 0 Å². The maximum atomic E-state index is 8.40. The van der Waals surface area contributed by atoms with Gasteiger partial charge in [0.15, 0.2) is 0 Å². The summed E-state index contributed by atoms with van der Waals surface area (Å²) < 4.78 is 4.61. The highest BCUT2D eigenvalue weighted by atomic mass is 32.5. The Morgan fingerprint density at radius 1 is 1.44 bits per heavy atom. The molecule has 6 heteroatoms. The van der Waals surface area contributed by atoms with E-state index in [9.17, 15) is 0 Å². The highest BCUT2D eigenvalue weighted by Crippen LogP contribution is 2.30. The molecule has 0 fully saturated rings. The van der Waals surface area contributed by atoms with Gasteiger partial charge in [0.25, 0.3) is 6.72 Å². The first kappa shape index (κ1) is 9.62. The summed E-state index contributed by atoms with van der Waals surface area (Å²) in [6.07, 6.45) is 0. The van der Waals surface area contributed by atoms with Gasteiger partial charge in [-0.05, 0) is 0 Å². The van der Waals surface area contributed by atoms with Gasteiger partial charge in [-0.25, -0.2) is 0 Å². The first-order valence-electron chi connectivity index (χ1n) is 2.31. The molecule has 0 atom stereocenters. The van der Waals surface area contributed by atoms with Gasteiger partial charge in [-0.2, -0.15) is 0 Å². The van der Waals surface area contributed by atoms with Gasteiger partial charge < -0.3 is 19.4 Å². The molecule has 0 amide bonds. The molecule has 0 aromatic heterocycles. The first-order valence-corrected chi connectivity index (χ1v) is 5.75. The Morgan fingerprint density at radius 3 is 2.33 bits per heavy atom. The smallest absolute Gasteiger partial charge is 0.274 e. The zero-order valence-electron chi connectivity index (χ0n) is 5.06. The molecule has 0 rings (SSSR count). The maximum Gasteiger partial charge on any atom is 0.274 e. The molecule has 0 aliphatic heterocycles. The van der Waals surface area contributed by atoms with Crippen LogP contribution in [0.4, 0.5) is 0 Å². The van der Waals surface area contributed by atoms with Crippen molar-refractivity contribution in [2.75, 3.05) is 19.5 Å². The summed E-state index contributed by atoms with van der Waals surface area (Å²) in [6.45, 7) is -3.12. The van der Waals surface area contributed by atoms with E-state index in [0.717, 1.165) is 0 Å². The van der Waals surface area contributed by atoms with E-state index in [-0.39, 0.29) is 10.9 Å². The van der Waals surface area contributed by atoms with Crippen molar-refractivity contribution in [2.24, 2.45) is 0 Å². The lowest BCUT2D eigenvalue weighted by Gasteiger charge is -2.00. The zero-order valence-corrected chi connectivity index (χ0v) is 6.85. The van der Waals surface area contributed by atoms with E-state index in [4.69, 9.17) is 14.7 Å². The minimum absolute atomic E-state index is 0.256. The van der Waals surface area contributed by atoms with E-state index < -0.39 is 6.72 Å². The maximum absolute atomic E-state index is 8.40. The Balaban J connectivity index is 3.45. The van der Waals surface area contributed by atoms with Crippen LogP contribution in [0.1, 0.15) is 0 Å². The average Bonchev–Trinajstić information content (AvgIpc) is 1.63. The first-order chi connectivity index (χ1) is 4.06. The van der Waals surface area contributed by atoms with Crippen molar-refractivity contribution in [3.8, 4) is 0 Å². The van der Waals surface area contributed by atoms with Gasteiger partial charge >= 0.3 is 0 Å². The van der Waals surface area contributed by atoms with Crippen LogP contribution < -0.4 is 0 Å². The molecule has 0 unspecified atom stereocenters. The van der Waals surface area contributed by atoms with Gasteiger partial charge in [0.1, 0.15) is 0 Å². The molecule has 0 aliphatic carbocycles. The molecule has 0 radical (unpaired) electrons. The van der Waals surface area contributed by atoms with Gasteiger partial charge in [-0.3, -0.25) is 0 Å². The van der Waals surface area contributed by atoms with Gasteiger partial charge in [0.05, 0.1) is 6.61 Å². The van der Waals surface area contributed by atoms with Crippen LogP contribution in [-0.4, -0.2) is 34.1 Å². The lowest BCUT2D eigenvalue weighted by atomic mass is 10.9. The van der Waals surface area contributed by atoms with Crippen LogP contribution in [0.15, 0.2) is 0 Å². The predicted molar refractivity (Wildman–Crippen MR) is 39.1 cm³/mol. The molecule has 0 aromatic carbocycles. The van der Waals surface area contributed by atoms with Gasteiger partial charge in [-0.15, -0.1) is 10.9 Å². The van der Waals surface area contributed by atoms with Crippen LogP contribution in [0.2, 0.25) is 0 Å². The quantitative estimate of drug-likeness (QED) is 0.254. The Hall–Kier alpha value is 0.620. The molecule has 0 heterocycles. The Morgan fingerprint density at radius 2 is 2.00 bits per heavy atom. The minimum atomic E-state index is -3.55. The highest BCUT2D eigenvalue weighted by molar-refractivity contribution is 8.16. The number of ether oxygens (including phenoxy) is 1. The number of hydrogen-bond donors (Lipinski definition) is 4. The highest BCUT2D eigenvalue weighted by Gasteiger charge is 1.97. The van der Waals surface area contributed by atoms with Crippen molar-refractivity contribution in [1.82, 2.24) is 0 Å². The molecule has 4 nitrogen and oxygen atoms in total. The molecule has 0 spiro atoms. The number of hydrogen-bond acceptors (Lipinski definition) is 1. The summed E-state index contributed by atoms with van der Waals surface area (Å²) in [4.78, 5) is 25.2. The minimum Gasteiger partial charge on any atom is -0.384 e. The number of thiol groups is 1. The predicted octanol–water partition coefficient (Wildman–Crippen LogP) is -0.898. The summed E-state index contributed by atoms with van der Waals surface area (Å²) in [6, 6.07) is 0. The molecule has 9 heavy (non-hydrogen) atoms. The van der Waals surface area contributed by atoms with Crippen molar-refractivity contribution >= 4 is 17.7 Å². The Labute approximate surface area is 57.3 Å². The fourth-order valence-electron chi connectivity index (χ4n) is 0.266. The lowest BCUT2D eigenvalue weighted by molar-refractivity contribution is 0.218. The summed E-state index contributed by atoms with van der Waals surface area (Å²) in [7, 11) is 1.77. The van der Waals surface area contributed by atoms with Gasteiger partial charge in [-0.1, -0.05) is 0 Å². The standard InChI is InChI=1S/C3H11O4PS/c1-7-2-3-9-8(4,5)6/h4-6,9H,2-3H2,1H3. The van der Waals surface area contributed by atoms with E-state index in [1.54, 1.807) is 0 Å². The fourth-order valence-corrected chi connectivity index (χ4v) is 1.85. The third-order valence-electron chi connectivity index (χ3n) is 0.585. The SMILES string of the molecule is COCC[SH]=P(O)(O)O. The second-order valence-electron chi connectivity index (χ2n) is 1.39. The molecular formula is C3H11O4PS. The second kappa shape index (κ2) is 4.44. The van der Waals surface area contributed by atoms with Crippen molar-refractivity contribution in [3.63, 3.8) is 0 Å². The van der Waals surface area contributed by atoms with E-state index in [2.05, 4.69) is 4.74 Å². The largest absolute Gasteiger partial charge is 0.384 e. The van der Waals surface area contributed by atoms with Crippen LogP contribution in [-0.2, 0) is 15.7 Å². The molecule has 0 aliphatic rings. The van der Waals surface area contributed by atoms with Crippen molar-refractivity contribution < 1.29 is 19.4 Å². The van der Waals surface area contributed by atoms with Crippen LogP contribution in [0.3, 0.4) is 0 Å². The van der Waals surface area contributed by atoms with Crippen molar-refractivity contribution in [1.29, 1.82) is 0 Å². The van der Waals surface area contributed by atoms with E-state index in [0.29, 0.717) is 12.4 Å². The molecule has 3 N–H and O–H groups in total. The average molecular weight is 174 g/mol. The van der Waals surface area contributed by atoms with Crippen LogP contribution in [0.5, 0.6) is 0 Å². The monoisotopic (exact) mass is 174 g/mol. The Bertz CT molecular complexity index is 111. The fraction of sp³-hybridized carbons (Fsp3) is 1.00. The third-order valence-corrected chi connectivity index (χ3v) is 3.09. The molecule has 58 valence electrons. The van der Waals surface area contributed by atoms with Crippen LogP contribution in [0, 0.1) is 0 Å². The molecule has 0 aromatic rings.